The second-order valence-electron chi connectivity index (χ2n) is 5.76. The highest BCUT2D eigenvalue weighted by Gasteiger charge is 2.20. The number of benzene rings is 1. The van der Waals surface area contributed by atoms with Crippen LogP contribution in [0.3, 0.4) is 0 Å². The molecule has 1 aromatic carbocycles. The van der Waals surface area contributed by atoms with Crippen molar-refractivity contribution in [2.24, 2.45) is 0 Å². The standard InChI is InChI=1S/C18H25N5O3/c1-4-26-15-7-5-14(6-8-15)23(18(25)20-11-12-24)16-9-10-19-17(22-16)21-13(2)3/h5-10,13,24H,4,11-12H2,1-3H3,(H,20,25)(H,19,21,22). The number of rotatable bonds is 8. The molecule has 140 valence electrons. The molecule has 0 aliphatic rings. The third-order valence-electron chi connectivity index (χ3n) is 3.28. The molecule has 0 unspecified atom stereocenters. The summed E-state index contributed by atoms with van der Waals surface area (Å²) < 4.78 is 5.45. The minimum Gasteiger partial charge on any atom is -0.494 e. The number of ether oxygens (including phenoxy) is 1. The molecule has 8 heteroatoms. The van der Waals surface area contributed by atoms with Crippen molar-refractivity contribution >= 4 is 23.5 Å². The molecular weight excluding hydrogens is 334 g/mol. The monoisotopic (exact) mass is 359 g/mol. The molecule has 8 nitrogen and oxygen atoms in total. The zero-order valence-corrected chi connectivity index (χ0v) is 15.3. The summed E-state index contributed by atoms with van der Waals surface area (Å²) in [6, 6.07) is 8.56. The largest absolute Gasteiger partial charge is 0.494 e. The summed E-state index contributed by atoms with van der Waals surface area (Å²) in [6.07, 6.45) is 1.59. The van der Waals surface area contributed by atoms with Crippen molar-refractivity contribution in [2.75, 3.05) is 30.0 Å². The van der Waals surface area contributed by atoms with Crippen LogP contribution in [0.15, 0.2) is 36.5 Å². The Morgan fingerprint density at radius 1 is 1.27 bits per heavy atom. The fraction of sp³-hybridized carbons (Fsp3) is 0.389. The van der Waals surface area contributed by atoms with Crippen LogP contribution >= 0.6 is 0 Å². The van der Waals surface area contributed by atoms with E-state index in [0.29, 0.717) is 24.1 Å². The maximum absolute atomic E-state index is 12.6. The maximum atomic E-state index is 12.6. The van der Waals surface area contributed by atoms with Gasteiger partial charge in [0.1, 0.15) is 11.6 Å². The number of urea groups is 1. The first-order valence-corrected chi connectivity index (χ1v) is 8.56. The van der Waals surface area contributed by atoms with Gasteiger partial charge in [-0.25, -0.2) is 14.7 Å². The van der Waals surface area contributed by atoms with Crippen molar-refractivity contribution in [1.29, 1.82) is 0 Å². The number of hydrogen-bond donors (Lipinski definition) is 3. The van der Waals surface area contributed by atoms with Crippen molar-refractivity contribution in [1.82, 2.24) is 15.3 Å². The van der Waals surface area contributed by atoms with Gasteiger partial charge in [0.25, 0.3) is 0 Å². The van der Waals surface area contributed by atoms with E-state index < -0.39 is 6.03 Å². The number of nitrogens with zero attached hydrogens (tertiary/aromatic N) is 3. The lowest BCUT2D eigenvalue weighted by atomic mass is 10.2. The average Bonchev–Trinajstić information content (AvgIpc) is 2.62. The molecule has 0 atom stereocenters. The van der Waals surface area contributed by atoms with Gasteiger partial charge in [0.15, 0.2) is 0 Å². The van der Waals surface area contributed by atoms with Crippen LogP contribution in [0.2, 0.25) is 0 Å². The summed E-state index contributed by atoms with van der Waals surface area (Å²) in [5.74, 6) is 1.57. The van der Waals surface area contributed by atoms with Gasteiger partial charge in [0.05, 0.1) is 18.9 Å². The second kappa shape index (κ2) is 9.57. The van der Waals surface area contributed by atoms with Crippen molar-refractivity contribution in [3.05, 3.63) is 36.5 Å². The second-order valence-corrected chi connectivity index (χ2v) is 5.76. The van der Waals surface area contributed by atoms with Crippen molar-refractivity contribution < 1.29 is 14.6 Å². The Morgan fingerprint density at radius 3 is 2.62 bits per heavy atom. The Hall–Kier alpha value is -2.87. The van der Waals surface area contributed by atoms with E-state index in [-0.39, 0.29) is 19.2 Å². The van der Waals surface area contributed by atoms with Gasteiger partial charge in [-0.05, 0) is 45.0 Å². The normalized spacial score (nSPS) is 10.5. The molecule has 2 amide bonds. The molecule has 1 aromatic heterocycles. The topological polar surface area (TPSA) is 99.6 Å². The fourth-order valence-corrected chi connectivity index (χ4v) is 2.26. The van der Waals surface area contributed by atoms with E-state index in [4.69, 9.17) is 9.84 Å². The lowest BCUT2D eigenvalue weighted by Crippen LogP contribution is -2.38. The summed E-state index contributed by atoms with van der Waals surface area (Å²) >= 11 is 0. The highest BCUT2D eigenvalue weighted by molar-refractivity contribution is 5.98. The van der Waals surface area contributed by atoms with Crippen LogP contribution in [0, 0.1) is 0 Å². The van der Waals surface area contributed by atoms with E-state index in [2.05, 4.69) is 20.6 Å². The average molecular weight is 359 g/mol. The lowest BCUT2D eigenvalue weighted by molar-refractivity contribution is 0.241. The Bertz CT molecular complexity index is 706. The van der Waals surface area contributed by atoms with Crippen molar-refractivity contribution in [2.45, 2.75) is 26.8 Å². The van der Waals surface area contributed by atoms with Crippen molar-refractivity contribution in [3.63, 3.8) is 0 Å². The number of nitrogens with one attached hydrogen (secondary N) is 2. The van der Waals surface area contributed by atoms with Crippen LogP contribution in [-0.2, 0) is 0 Å². The summed E-state index contributed by atoms with van der Waals surface area (Å²) in [5, 5.41) is 14.8. The Labute approximate surface area is 153 Å². The molecule has 0 fully saturated rings. The van der Waals surface area contributed by atoms with Crippen LogP contribution in [-0.4, -0.2) is 46.9 Å². The summed E-state index contributed by atoms with van der Waals surface area (Å²) in [6.45, 7) is 6.44. The molecular formula is C18H25N5O3. The Morgan fingerprint density at radius 2 is 2.00 bits per heavy atom. The van der Waals surface area contributed by atoms with Crippen LogP contribution in [0.5, 0.6) is 5.75 Å². The number of amides is 2. The van der Waals surface area contributed by atoms with Gasteiger partial charge in [0, 0.05) is 24.8 Å². The minimum absolute atomic E-state index is 0.146. The number of anilines is 3. The summed E-state index contributed by atoms with van der Waals surface area (Å²) in [4.78, 5) is 22.7. The summed E-state index contributed by atoms with van der Waals surface area (Å²) in [7, 11) is 0. The van der Waals surface area contributed by atoms with E-state index in [0.717, 1.165) is 5.75 Å². The molecule has 3 N–H and O–H groups in total. The highest BCUT2D eigenvalue weighted by Crippen LogP contribution is 2.26. The van der Waals surface area contributed by atoms with Crippen LogP contribution in [0.25, 0.3) is 0 Å². The molecule has 0 aliphatic carbocycles. The van der Waals surface area contributed by atoms with E-state index in [9.17, 15) is 4.79 Å². The highest BCUT2D eigenvalue weighted by atomic mass is 16.5. The first-order valence-electron chi connectivity index (χ1n) is 8.56. The number of aliphatic hydroxyl groups is 1. The van der Waals surface area contributed by atoms with Crippen LogP contribution < -0.4 is 20.3 Å². The number of carbonyl (C=O) groups is 1. The van der Waals surface area contributed by atoms with Gasteiger partial charge in [-0.2, -0.15) is 4.98 Å². The molecule has 26 heavy (non-hydrogen) atoms. The van der Waals surface area contributed by atoms with E-state index in [1.165, 1.54) is 4.90 Å². The zero-order valence-electron chi connectivity index (χ0n) is 15.3. The SMILES string of the molecule is CCOc1ccc(N(C(=O)NCCO)c2ccnc(NC(C)C)n2)cc1. The third kappa shape index (κ3) is 5.32. The molecule has 0 bridgehead atoms. The molecule has 0 radical (unpaired) electrons. The van der Waals surface area contributed by atoms with E-state index in [1.807, 2.05) is 20.8 Å². The third-order valence-corrected chi connectivity index (χ3v) is 3.28. The number of aliphatic hydroxyl groups excluding tert-OH is 1. The van der Waals surface area contributed by atoms with Gasteiger partial charge >= 0.3 is 6.03 Å². The van der Waals surface area contributed by atoms with Gasteiger partial charge in [-0.1, -0.05) is 0 Å². The van der Waals surface area contributed by atoms with Crippen LogP contribution in [0.4, 0.5) is 22.2 Å². The first-order chi connectivity index (χ1) is 12.5. The quantitative estimate of drug-likeness (QED) is 0.670. The molecule has 0 spiro atoms. The first kappa shape index (κ1) is 19.5. The lowest BCUT2D eigenvalue weighted by Gasteiger charge is -2.23. The minimum atomic E-state index is -0.391. The molecule has 0 saturated carbocycles. The molecule has 1 heterocycles. The smallest absolute Gasteiger partial charge is 0.327 e. The molecule has 2 aromatic rings. The van der Waals surface area contributed by atoms with Gasteiger partial charge < -0.3 is 20.5 Å². The van der Waals surface area contributed by atoms with Crippen molar-refractivity contribution in [3.8, 4) is 5.75 Å². The maximum Gasteiger partial charge on any atom is 0.327 e. The van der Waals surface area contributed by atoms with Gasteiger partial charge in [-0.15, -0.1) is 0 Å². The zero-order chi connectivity index (χ0) is 18.9. The fourth-order valence-electron chi connectivity index (χ4n) is 2.26. The Balaban J connectivity index is 2.36. The molecule has 0 aliphatic heterocycles. The van der Waals surface area contributed by atoms with E-state index in [1.54, 1.807) is 36.5 Å². The number of aromatic nitrogens is 2. The molecule has 0 saturated heterocycles. The van der Waals surface area contributed by atoms with E-state index >= 15 is 0 Å². The van der Waals surface area contributed by atoms with Gasteiger partial charge in [-0.3, -0.25) is 0 Å². The van der Waals surface area contributed by atoms with Crippen LogP contribution in [0.1, 0.15) is 20.8 Å². The Kier molecular flexibility index (Phi) is 7.16. The molecule has 2 rings (SSSR count). The summed E-state index contributed by atoms with van der Waals surface area (Å²) in [5.41, 5.74) is 0.623. The van der Waals surface area contributed by atoms with Gasteiger partial charge in [0.2, 0.25) is 5.95 Å². The predicted molar refractivity (Wildman–Crippen MR) is 101 cm³/mol. The number of carbonyl (C=O) groups excluding carboxylic acids is 1. The predicted octanol–water partition coefficient (Wildman–Crippen LogP) is 2.54. The number of hydrogen-bond acceptors (Lipinski definition) is 6.